The maximum absolute atomic E-state index is 6.81. The van der Waals surface area contributed by atoms with Gasteiger partial charge in [-0.15, -0.1) is 0 Å². The van der Waals surface area contributed by atoms with Crippen LogP contribution in [0.3, 0.4) is 0 Å². The van der Waals surface area contributed by atoms with Crippen molar-refractivity contribution in [2.24, 2.45) is 0 Å². The van der Waals surface area contributed by atoms with Crippen LogP contribution in [0, 0.1) is 0 Å². The summed E-state index contributed by atoms with van der Waals surface area (Å²) in [5, 5.41) is 14.6. The molecule has 2 heteroatoms. The van der Waals surface area contributed by atoms with E-state index in [9.17, 15) is 0 Å². The van der Waals surface area contributed by atoms with Crippen molar-refractivity contribution in [1.29, 1.82) is 0 Å². The second kappa shape index (κ2) is 11.3. The number of fused-ring (bicyclic) bond motifs is 11. The van der Waals surface area contributed by atoms with E-state index in [2.05, 4.69) is 187 Å². The molecule has 10 aromatic carbocycles. The van der Waals surface area contributed by atoms with Gasteiger partial charge in [0.25, 0.3) is 0 Å². The normalized spacial score (nSPS) is 11.8. The lowest BCUT2D eigenvalue weighted by atomic mass is 9.93. The van der Waals surface area contributed by atoms with E-state index >= 15 is 0 Å². The Labute approximate surface area is 300 Å². The standard InChI is InChI=1S/C50H31NO/c1-4-14-39-32(11-1)21-22-33-25-28-38(31-46(33)39)51(47-30-36-13-3-6-16-41(36)49-44-19-9-10-20-48(44)52-50(47)49)37-26-23-34(24-27-37)45-29-35-12-2-5-15-40(35)42-17-7-8-18-43(42)45/h1-31H. The first kappa shape index (κ1) is 28.9. The molecule has 0 N–H and O–H groups in total. The first-order valence-corrected chi connectivity index (χ1v) is 17.8. The fourth-order valence-corrected chi connectivity index (χ4v) is 8.36. The average molecular weight is 662 g/mol. The molecule has 0 fully saturated rings. The highest BCUT2D eigenvalue weighted by Gasteiger charge is 2.22. The molecule has 11 aromatic rings. The van der Waals surface area contributed by atoms with Gasteiger partial charge in [-0.1, -0.05) is 146 Å². The summed E-state index contributed by atoms with van der Waals surface area (Å²) < 4.78 is 6.81. The second-order valence-corrected chi connectivity index (χ2v) is 13.7. The van der Waals surface area contributed by atoms with Crippen molar-refractivity contribution in [1.82, 2.24) is 0 Å². The Bertz CT molecular complexity index is 3190. The molecule has 0 saturated heterocycles. The van der Waals surface area contributed by atoms with Gasteiger partial charge in [-0.25, -0.2) is 0 Å². The van der Waals surface area contributed by atoms with Crippen molar-refractivity contribution >= 4 is 92.9 Å². The third kappa shape index (κ3) is 4.38. The molecule has 0 atom stereocenters. The van der Waals surface area contributed by atoms with Gasteiger partial charge in [-0.3, -0.25) is 0 Å². The van der Waals surface area contributed by atoms with Gasteiger partial charge < -0.3 is 9.32 Å². The van der Waals surface area contributed by atoms with Gasteiger partial charge in [0.15, 0.2) is 5.58 Å². The lowest BCUT2D eigenvalue weighted by Crippen LogP contribution is -2.10. The highest BCUT2D eigenvalue weighted by Crippen LogP contribution is 2.47. The van der Waals surface area contributed by atoms with Crippen LogP contribution in [-0.2, 0) is 0 Å². The minimum absolute atomic E-state index is 0.877. The summed E-state index contributed by atoms with van der Waals surface area (Å²) in [7, 11) is 0. The molecule has 0 aliphatic heterocycles. The zero-order valence-corrected chi connectivity index (χ0v) is 28.3. The summed E-state index contributed by atoms with van der Waals surface area (Å²) in [6, 6.07) is 68.1. The van der Waals surface area contributed by atoms with Crippen LogP contribution in [0.15, 0.2) is 192 Å². The van der Waals surface area contributed by atoms with E-state index in [1.165, 1.54) is 65.0 Å². The molecule has 0 unspecified atom stereocenters. The number of hydrogen-bond acceptors (Lipinski definition) is 2. The van der Waals surface area contributed by atoms with Crippen LogP contribution in [0.4, 0.5) is 17.1 Å². The molecule has 0 amide bonds. The van der Waals surface area contributed by atoms with Crippen LogP contribution in [0.2, 0.25) is 0 Å². The first-order valence-electron chi connectivity index (χ1n) is 17.8. The largest absolute Gasteiger partial charge is 0.454 e. The van der Waals surface area contributed by atoms with E-state index in [1.807, 2.05) is 6.07 Å². The molecule has 242 valence electrons. The van der Waals surface area contributed by atoms with Gasteiger partial charge in [-0.05, 0) is 107 Å². The quantitative estimate of drug-likeness (QED) is 0.175. The van der Waals surface area contributed by atoms with Gasteiger partial charge >= 0.3 is 0 Å². The maximum atomic E-state index is 6.81. The van der Waals surface area contributed by atoms with Crippen LogP contribution < -0.4 is 4.90 Å². The topological polar surface area (TPSA) is 16.4 Å². The number of para-hydroxylation sites is 1. The van der Waals surface area contributed by atoms with E-state index in [0.717, 1.165) is 39.0 Å². The lowest BCUT2D eigenvalue weighted by molar-refractivity contribution is 0.669. The predicted octanol–water partition coefficient (Wildman–Crippen LogP) is 14.5. The molecular formula is C50H31NO. The Morgan fingerprint density at radius 3 is 1.65 bits per heavy atom. The highest BCUT2D eigenvalue weighted by atomic mass is 16.3. The number of rotatable bonds is 4. The molecule has 52 heavy (non-hydrogen) atoms. The molecule has 0 radical (unpaired) electrons. The molecule has 2 nitrogen and oxygen atoms in total. The van der Waals surface area contributed by atoms with E-state index in [1.54, 1.807) is 0 Å². The highest BCUT2D eigenvalue weighted by molar-refractivity contribution is 6.23. The molecule has 0 aliphatic rings. The van der Waals surface area contributed by atoms with Crippen LogP contribution in [0.25, 0.3) is 86.9 Å². The van der Waals surface area contributed by atoms with Crippen molar-refractivity contribution in [3.63, 3.8) is 0 Å². The lowest BCUT2D eigenvalue weighted by Gasteiger charge is -2.27. The third-order valence-corrected chi connectivity index (χ3v) is 10.8. The molecule has 0 spiro atoms. The third-order valence-electron chi connectivity index (χ3n) is 10.8. The summed E-state index contributed by atoms with van der Waals surface area (Å²) in [5.41, 5.74) is 7.32. The van der Waals surface area contributed by atoms with Crippen LogP contribution in [0.1, 0.15) is 0 Å². The Balaban J connectivity index is 1.18. The number of nitrogens with zero attached hydrogens (tertiary/aromatic N) is 1. The van der Waals surface area contributed by atoms with Gasteiger partial charge in [0.05, 0.1) is 5.69 Å². The van der Waals surface area contributed by atoms with E-state index in [4.69, 9.17) is 4.42 Å². The van der Waals surface area contributed by atoms with E-state index in [0.29, 0.717) is 0 Å². The molecule has 0 aliphatic carbocycles. The SMILES string of the molecule is c1ccc2c(c1)ccc1ccc(N(c3ccc(-c4cc5ccccc5c5ccccc45)cc3)c3cc4ccccc4c4c3oc3ccccc34)cc12. The summed E-state index contributed by atoms with van der Waals surface area (Å²) in [4.78, 5) is 2.38. The van der Waals surface area contributed by atoms with Crippen molar-refractivity contribution in [2.45, 2.75) is 0 Å². The Hall–Kier alpha value is -6.90. The van der Waals surface area contributed by atoms with Crippen molar-refractivity contribution in [2.75, 3.05) is 4.90 Å². The fourth-order valence-electron chi connectivity index (χ4n) is 8.36. The number of hydrogen-bond donors (Lipinski definition) is 0. The first-order chi connectivity index (χ1) is 25.8. The molecule has 1 heterocycles. The molecular weight excluding hydrogens is 631 g/mol. The molecule has 11 rings (SSSR count). The van der Waals surface area contributed by atoms with E-state index < -0.39 is 0 Å². The minimum atomic E-state index is 0.877. The fraction of sp³-hybridized carbons (Fsp3) is 0. The zero-order chi connectivity index (χ0) is 34.2. The number of anilines is 3. The molecule has 1 aromatic heterocycles. The Morgan fingerprint density at radius 1 is 0.346 bits per heavy atom. The minimum Gasteiger partial charge on any atom is -0.454 e. The van der Waals surface area contributed by atoms with Gasteiger partial charge in [-0.2, -0.15) is 0 Å². The van der Waals surface area contributed by atoms with Gasteiger partial charge in [0.1, 0.15) is 5.58 Å². The Morgan fingerprint density at radius 2 is 0.885 bits per heavy atom. The number of benzene rings is 10. The molecule has 0 saturated carbocycles. The predicted molar refractivity (Wildman–Crippen MR) is 221 cm³/mol. The van der Waals surface area contributed by atoms with Crippen molar-refractivity contribution < 1.29 is 4.42 Å². The second-order valence-electron chi connectivity index (χ2n) is 13.7. The van der Waals surface area contributed by atoms with Crippen LogP contribution in [0.5, 0.6) is 0 Å². The van der Waals surface area contributed by atoms with Gasteiger partial charge in [0.2, 0.25) is 0 Å². The van der Waals surface area contributed by atoms with Crippen molar-refractivity contribution in [3.8, 4) is 11.1 Å². The summed E-state index contributed by atoms with van der Waals surface area (Å²) in [6.07, 6.45) is 0. The van der Waals surface area contributed by atoms with E-state index in [-0.39, 0.29) is 0 Å². The smallest absolute Gasteiger partial charge is 0.160 e. The monoisotopic (exact) mass is 661 g/mol. The maximum Gasteiger partial charge on any atom is 0.160 e. The summed E-state index contributed by atoms with van der Waals surface area (Å²) in [6.45, 7) is 0. The number of furan rings is 1. The average Bonchev–Trinajstić information content (AvgIpc) is 3.61. The van der Waals surface area contributed by atoms with Crippen molar-refractivity contribution in [3.05, 3.63) is 188 Å². The zero-order valence-electron chi connectivity index (χ0n) is 28.3. The summed E-state index contributed by atoms with van der Waals surface area (Å²) >= 11 is 0. The molecule has 0 bridgehead atoms. The summed E-state index contributed by atoms with van der Waals surface area (Å²) in [5.74, 6) is 0. The van der Waals surface area contributed by atoms with Crippen LogP contribution in [-0.4, -0.2) is 0 Å². The Kier molecular flexibility index (Phi) is 6.28. The van der Waals surface area contributed by atoms with Crippen LogP contribution >= 0.6 is 0 Å². The van der Waals surface area contributed by atoms with Gasteiger partial charge in [0, 0.05) is 22.1 Å².